The molecule has 4 nitrogen and oxygen atoms in total. The van der Waals surface area contributed by atoms with E-state index in [2.05, 4.69) is 54.8 Å². The fourth-order valence-corrected chi connectivity index (χ4v) is 1.93. The fourth-order valence-electron chi connectivity index (χ4n) is 1.93. The molecule has 1 heterocycles. The summed E-state index contributed by atoms with van der Waals surface area (Å²) < 4.78 is 0. The van der Waals surface area contributed by atoms with Crippen LogP contribution in [0.25, 0.3) is 0 Å². The van der Waals surface area contributed by atoms with Crippen molar-refractivity contribution < 1.29 is 0 Å². The SMILES string of the molecule is CCN(CC)CC(C)Nc1cc(C(C)C)ncn1. The van der Waals surface area contributed by atoms with Crippen LogP contribution in [0.5, 0.6) is 0 Å². The summed E-state index contributed by atoms with van der Waals surface area (Å²) in [6.07, 6.45) is 1.64. The van der Waals surface area contributed by atoms with Crippen molar-refractivity contribution in [2.24, 2.45) is 0 Å². The quantitative estimate of drug-likeness (QED) is 0.808. The molecule has 0 aliphatic rings. The molecule has 1 atom stereocenters. The molecule has 0 amide bonds. The Balaban J connectivity index is 2.58. The number of nitrogens with zero attached hydrogens (tertiary/aromatic N) is 3. The molecule has 0 bridgehead atoms. The lowest BCUT2D eigenvalue weighted by Gasteiger charge is -2.23. The van der Waals surface area contributed by atoms with E-state index in [1.54, 1.807) is 6.33 Å². The lowest BCUT2D eigenvalue weighted by molar-refractivity contribution is 0.294. The average molecular weight is 250 g/mol. The van der Waals surface area contributed by atoms with E-state index in [1.165, 1.54) is 0 Å². The molecule has 0 spiro atoms. The Labute approximate surface area is 111 Å². The van der Waals surface area contributed by atoms with Crippen LogP contribution < -0.4 is 5.32 Å². The number of anilines is 1. The summed E-state index contributed by atoms with van der Waals surface area (Å²) in [7, 11) is 0. The van der Waals surface area contributed by atoms with Gasteiger partial charge in [-0.15, -0.1) is 0 Å². The maximum atomic E-state index is 4.28. The predicted molar refractivity (Wildman–Crippen MR) is 77.0 cm³/mol. The van der Waals surface area contributed by atoms with Gasteiger partial charge >= 0.3 is 0 Å². The standard InChI is InChI=1S/C14H26N4/c1-6-18(7-2)9-12(5)17-14-8-13(11(3)4)15-10-16-14/h8,10-12H,6-7,9H2,1-5H3,(H,15,16,17). The van der Waals surface area contributed by atoms with Gasteiger partial charge in [0.15, 0.2) is 0 Å². The van der Waals surface area contributed by atoms with Gasteiger partial charge in [-0.05, 0) is 25.9 Å². The van der Waals surface area contributed by atoms with Crippen molar-refractivity contribution in [2.45, 2.75) is 46.6 Å². The monoisotopic (exact) mass is 250 g/mol. The van der Waals surface area contributed by atoms with Crippen LogP contribution in [0.1, 0.15) is 46.2 Å². The van der Waals surface area contributed by atoms with Crippen molar-refractivity contribution in [1.82, 2.24) is 14.9 Å². The van der Waals surface area contributed by atoms with E-state index in [0.717, 1.165) is 31.1 Å². The highest BCUT2D eigenvalue weighted by Gasteiger charge is 2.09. The van der Waals surface area contributed by atoms with E-state index >= 15 is 0 Å². The molecule has 1 unspecified atom stereocenters. The lowest BCUT2D eigenvalue weighted by Crippen LogP contribution is -2.34. The van der Waals surface area contributed by atoms with Crippen LogP contribution >= 0.6 is 0 Å². The van der Waals surface area contributed by atoms with Gasteiger partial charge < -0.3 is 10.2 Å². The third-order valence-corrected chi connectivity index (χ3v) is 3.10. The first kappa shape index (κ1) is 14.9. The molecule has 1 N–H and O–H groups in total. The summed E-state index contributed by atoms with van der Waals surface area (Å²) in [5.41, 5.74) is 1.09. The van der Waals surface area contributed by atoms with Crippen LogP contribution in [-0.4, -0.2) is 40.5 Å². The Bertz CT molecular complexity index is 347. The molecule has 0 saturated carbocycles. The molecule has 0 aliphatic carbocycles. The van der Waals surface area contributed by atoms with E-state index in [0.29, 0.717) is 12.0 Å². The first-order valence-corrected chi connectivity index (χ1v) is 6.87. The molecule has 0 fully saturated rings. The molecule has 1 rings (SSSR count). The highest BCUT2D eigenvalue weighted by molar-refractivity contribution is 5.36. The normalized spacial score (nSPS) is 13.1. The molecule has 0 aromatic carbocycles. The third kappa shape index (κ3) is 4.61. The number of hydrogen-bond acceptors (Lipinski definition) is 4. The first-order chi connectivity index (χ1) is 8.56. The summed E-state index contributed by atoms with van der Waals surface area (Å²) in [5.74, 6) is 1.36. The maximum Gasteiger partial charge on any atom is 0.129 e. The summed E-state index contributed by atoms with van der Waals surface area (Å²) in [6, 6.07) is 2.43. The smallest absolute Gasteiger partial charge is 0.129 e. The summed E-state index contributed by atoms with van der Waals surface area (Å²) in [5, 5.41) is 3.44. The minimum atomic E-state index is 0.389. The van der Waals surface area contributed by atoms with Crippen LogP contribution in [0.15, 0.2) is 12.4 Å². The third-order valence-electron chi connectivity index (χ3n) is 3.10. The molecule has 0 saturated heterocycles. The molecule has 18 heavy (non-hydrogen) atoms. The van der Waals surface area contributed by atoms with Gasteiger partial charge in [0.25, 0.3) is 0 Å². The van der Waals surface area contributed by atoms with Crippen LogP contribution in [0.3, 0.4) is 0 Å². The average Bonchev–Trinajstić information content (AvgIpc) is 2.36. The van der Waals surface area contributed by atoms with Crippen molar-refractivity contribution in [2.75, 3.05) is 25.0 Å². The second-order valence-corrected chi connectivity index (χ2v) is 5.01. The second-order valence-electron chi connectivity index (χ2n) is 5.01. The Morgan fingerprint density at radius 2 is 1.83 bits per heavy atom. The lowest BCUT2D eigenvalue weighted by atomic mass is 10.1. The van der Waals surface area contributed by atoms with Crippen LogP contribution in [0.2, 0.25) is 0 Å². The van der Waals surface area contributed by atoms with Gasteiger partial charge in [0.1, 0.15) is 12.1 Å². The van der Waals surface area contributed by atoms with Crippen molar-refractivity contribution in [1.29, 1.82) is 0 Å². The van der Waals surface area contributed by atoms with Gasteiger partial charge in [0.2, 0.25) is 0 Å². The molecule has 1 aromatic heterocycles. The number of likely N-dealkylation sites (N-methyl/N-ethyl adjacent to an activating group) is 1. The van der Waals surface area contributed by atoms with Crippen molar-refractivity contribution in [3.05, 3.63) is 18.1 Å². The van der Waals surface area contributed by atoms with E-state index in [4.69, 9.17) is 0 Å². The summed E-state index contributed by atoms with van der Waals surface area (Å²) in [6.45, 7) is 14.1. The molecule has 1 aromatic rings. The number of hydrogen-bond donors (Lipinski definition) is 1. The fraction of sp³-hybridized carbons (Fsp3) is 0.714. The zero-order valence-electron chi connectivity index (χ0n) is 12.3. The molecule has 0 aliphatic heterocycles. The Morgan fingerprint density at radius 1 is 1.17 bits per heavy atom. The number of nitrogens with one attached hydrogen (secondary N) is 1. The van der Waals surface area contributed by atoms with E-state index in [-0.39, 0.29) is 0 Å². The largest absolute Gasteiger partial charge is 0.366 e. The molecule has 102 valence electrons. The summed E-state index contributed by atoms with van der Waals surface area (Å²) >= 11 is 0. The van der Waals surface area contributed by atoms with E-state index in [1.807, 2.05) is 6.07 Å². The molecular formula is C14H26N4. The summed E-state index contributed by atoms with van der Waals surface area (Å²) in [4.78, 5) is 11.0. The minimum absolute atomic E-state index is 0.389. The predicted octanol–water partition coefficient (Wildman–Crippen LogP) is 2.74. The second kappa shape index (κ2) is 7.31. The Hall–Kier alpha value is -1.16. The number of rotatable bonds is 7. The van der Waals surface area contributed by atoms with Gasteiger partial charge in [0, 0.05) is 24.3 Å². The topological polar surface area (TPSA) is 41.0 Å². The van der Waals surface area contributed by atoms with Crippen LogP contribution in [0, 0.1) is 0 Å². The first-order valence-electron chi connectivity index (χ1n) is 6.87. The van der Waals surface area contributed by atoms with Gasteiger partial charge in [0.05, 0.1) is 0 Å². The van der Waals surface area contributed by atoms with Crippen molar-refractivity contribution in [3.8, 4) is 0 Å². The number of aromatic nitrogens is 2. The Morgan fingerprint density at radius 3 is 2.39 bits per heavy atom. The Kier molecular flexibility index (Phi) is 6.05. The van der Waals surface area contributed by atoms with E-state index in [9.17, 15) is 0 Å². The molecule has 0 radical (unpaired) electrons. The van der Waals surface area contributed by atoms with Crippen LogP contribution in [-0.2, 0) is 0 Å². The van der Waals surface area contributed by atoms with Crippen molar-refractivity contribution in [3.63, 3.8) is 0 Å². The highest BCUT2D eigenvalue weighted by Crippen LogP contribution is 2.14. The zero-order chi connectivity index (χ0) is 13.5. The van der Waals surface area contributed by atoms with Gasteiger partial charge in [-0.1, -0.05) is 27.7 Å². The van der Waals surface area contributed by atoms with Crippen LogP contribution in [0.4, 0.5) is 5.82 Å². The van der Waals surface area contributed by atoms with E-state index < -0.39 is 0 Å². The molecular weight excluding hydrogens is 224 g/mol. The van der Waals surface area contributed by atoms with Gasteiger partial charge in [-0.3, -0.25) is 0 Å². The highest BCUT2D eigenvalue weighted by atomic mass is 15.1. The minimum Gasteiger partial charge on any atom is -0.366 e. The maximum absolute atomic E-state index is 4.28. The van der Waals surface area contributed by atoms with Gasteiger partial charge in [-0.25, -0.2) is 9.97 Å². The molecule has 4 heteroatoms. The zero-order valence-corrected chi connectivity index (χ0v) is 12.3. The van der Waals surface area contributed by atoms with Gasteiger partial charge in [-0.2, -0.15) is 0 Å². The van der Waals surface area contributed by atoms with Crippen molar-refractivity contribution >= 4 is 5.82 Å².